The molecule has 1 saturated heterocycles. The minimum Gasteiger partial charge on any atom is -0.374 e. The van der Waals surface area contributed by atoms with E-state index < -0.39 is 8.88 Å². The third kappa shape index (κ3) is 2.58. The lowest BCUT2D eigenvalue weighted by Crippen LogP contribution is -2.70. The predicted octanol–water partition coefficient (Wildman–Crippen LogP) is 1.93. The number of nitrogens with zero attached hydrogens (tertiary/aromatic N) is 2. The number of hydrogen-bond donors (Lipinski definition) is 0. The van der Waals surface area contributed by atoms with Crippen LogP contribution in [0.5, 0.6) is 0 Å². The third-order valence-corrected chi connectivity index (χ3v) is 7.60. The maximum absolute atomic E-state index is 5.89. The van der Waals surface area contributed by atoms with E-state index in [9.17, 15) is 0 Å². The Labute approximate surface area is 107 Å². The SMILES string of the molecule is CO[Si]1(OC)N(C(C)(C)C)CCN1C(C)(C)C. The minimum absolute atomic E-state index is 0.0677. The molecule has 102 valence electrons. The van der Waals surface area contributed by atoms with Crippen LogP contribution in [-0.2, 0) is 8.85 Å². The highest BCUT2D eigenvalue weighted by molar-refractivity contribution is 6.62. The first-order valence-electron chi connectivity index (χ1n) is 6.25. The molecule has 0 spiro atoms. The summed E-state index contributed by atoms with van der Waals surface area (Å²) in [5.41, 5.74) is 0.135. The summed E-state index contributed by atoms with van der Waals surface area (Å²) in [5.74, 6) is 0. The summed E-state index contributed by atoms with van der Waals surface area (Å²) < 4.78 is 16.6. The second-order valence-electron chi connectivity index (χ2n) is 6.60. The molecular formula is C12H28N2O2Si. The van der Waals surface area contributed by atoms with Gasteiger partial charge in [-0.05, 0) is 41.5 Å². The van der Waals surface area contributed by atoms with Crippen molar-refractivity contribution in [3.05, 3.63) is 0 Å². The molecule has 1 aliphatic rings. The maximum Gasteiger partial charge on any atom is 0.522 e. The molecule has 1 aliphatic heterocycles. The Balaban J connectivity index is 3.15. The lowest BCUT2D eigenvalue weighted by atomic mass is 10.1. The minimum atomic E-state index is -2.44. The standard InChI is InChI=1S/C12H28N2O2Si/c1-11(2,3)13-9-10-14(12(4,5)6)17(13,15-7)16-8/h9-10H2,1-8H3. The van der Waals surface area contributed by atoms with Crippen molar-refractivity contribution in [1.29, 1.82) is 0 Å². The second-order valence-corrected chi connectivity index (χ2v) is 9.59. The van der Waals surface area contributed by atoms with Crippen molar-refractivity contribution in [3.8, 4) is 0 Å². The van der Waals surface area contributed by atoms with Crippen molar-refractivity contribution >= 4 is 8.88 Å². The van der Waals surface area contributed by atoms with Gasteiger partial charge in [-0.25, -0.2) is 0 Å². The van der Waals surface area contributed by atoms with Gasteiger partial charge < -0.3 is 8.85 Å². The molecule has 0 aromatic heterocycles. The summed E-state index contributed by atoms with van der Waals surface area (Å²) in [7, 11) is 1.11. The van der Waals surface area contributed by atoms with Gasteiger partial charge in [0.1, 0.15) is 0 Å². The van der Waals surface area contributed by atoms with Crippen LogP contribution < -0.4 is 0 Å². The normalized spacial score (nSPS) is 23.3. The Kier molecular flexibility index (Phi) is 4.11. The number of rotatable bonds is 2. The van der Waals surface area contributed by atoms with E-state index in [1.54, 1.807) is 14.2 Å². The molecule has 0 amide bonds. The Bertz CT molecular complexity index is 243. The molecule has 0 unspecified atom stereocenters. The first-order chi connectivity index (χ1) is 7.59. The summed E-state index contributed by atoms with van der Waals surface area (Å²) in [6.07, 6.45) is 0. The van der Waals surface area contributed by atoms with Crippen molar-refractivity contribution in [2.75, 3.05) is 27.3 Å². The van der Waals surface area contributed by atoms with Crippen LogP contribution in [-0.4, -0.2) is 56.4 Å². The quantitative estimate of drug-likeness (QED) is 0.708. The first-order valence-corrected chi connectivity index (χ1v) is 7.96. The van der Waals surface area contributed by atoms with Gasteiger partial charge in [0.15, 0.2) is 0 Å². The summed E-state index contributed by atoms with van der Waals surface area (Å²) in [6, 6.07) is 0. The van der Waals surface area contributed by atoms with Crippen LogP contribution in [0, 0.1) is 0 Å². The molecule has 4 nitrogen and oxygen atoms in total. The average Bonchev–Trinajstić information content (AvgIpc) is 2.55. The fourth-order valence-electron chi connectivity index (χ4n) is 2.67. The van der Waals surface area contributed by atoms with Gasteiger partial charge in [-0.1, -0.05) is 0 Å². The zero-order valence-corrected chi connectivity index (χ0v) is 13.6. The molecule has 0 N–H and O–H groups in total. The zero-order valence-electron chi connectivity index (χ0n) is 12.6. The van der Waals surface area contributed by atoms with Gasteiger partial charge in [-0.3, -0.25) is 9.13 Å². The molecule has 0 radical (unpaired) electrons. The molecule has 5 heteroatoms. The van der Waals surface area contributed by atoms with E-state index in [0.29, 0.717) is 0 Å². The van der Waals surface area contributed by atoms with Crippen molar-refractivity contribution < 1.29 is 8.85 Å². The first kappa shape index (κ1) is 15.1. The highest BCUT2D eigenvalue weighted by Crippen LogP contribution is 2.35. The highest BCUT2D eigenvalue weighted by atomic mass is 28.4. The zero-order chi connectivity index (χ0) is 13.5. The Morgan fingerprint density at radius 2 is 1.06 bits per heavy atom. The molecular weight excluding hydrogens is 232 g/mol. The number of hydrogen-bond acceptors (Lipinski definition) is 4. The topological polar surface area (TPSA) is 24.9 Å². The summed E-state index contributed by atoms with van der Waals surface area (Å²) in [4.78, 5) is 0. The van der Waals surface area contributed by atoms with E-state index in [2.05, 4.69) is 50.7 Å². The predicted molar refractivity (Wildman–Crippen MR) is 72.7 cm³/mol. The lowest BCUT2D eigenvalue weighted by Gasteiger charge is -2.46. The molecule has 0 saturated carbocycles. The fourth-order valence-corrected chi connectivity index (χ4v) is 6.47. The largest absolute Gasteiger partial charge is 0.522 e. The van der Waals surface area contributed by atoms with E-state index in [1.165, 1.54) is 0 Å². The van der Waals surface area contributed by atoms with E-state index in [0.717, 1.165) is 13.1 Å². The van der Waals surface area contributed by atoms with Crippen molar-refractivity contribution in [2.45, 2.75) is 52.6 Å². The average molecular weight is 260 g/mol. The Morgan fingerprint density at radius 3 is 1.24 bits per heavy atom. The molecule has 0 aromatic carbocycles. The van der Waals surface area contributed by atoms with Crippen LogP contribution in [0.25, 0.3) is 0 Å². The van der Waals surface area contributed by atoms with Crippen molar-refractivity contribution in [3.63, 3.8) is 0 Å². The molecule has 1 rings (SSSR count). The molecule has 1 heterocycles. The van der Waals surface area contributed by atoms with E-state index >= 15 is 0 Å². The maximum atomic E-state index is 5.89. The second kappa shape index (κ2) is 4.62. The van der Waals surface area contributed by atoms with E-state index in [4.69, 9.17) is 8.85 Å². The summed E-state index contributed by atoms with van der Waals surface area (Å²) >= 11 is 0. The molecule has 0 aromatic rings. The van der Waals surface area contributed by atoms with Crippen LogP contribution in [0.3, 0.4) is 0 Å². The molecule has 1 fully saturated rings. The van der Waals surface area contributed by atoms with E-state index in [1.807, 2.05) is 0 Å². The highest BCUT2D eigenvalue weighted by Gasteiger charge is 2.61. The van der Waals surface area contributed by atoms with Crippen LogP contribution >= 0.6 is 0 Å². The molecule has 17 heavy (non-hydrogen) atoms. The van der Waals surface area contributed by atoms with Crippen LogP contribution in [0.1, 0.15) is 41.5 Å². The van der Waals surface area contributed by atoms with Crippen LogP contribution in [0.4, 0.5) is 0 Å². The van der Waals surface area contributed by atoms with Gasteiger partial charge >= 0.3 is 8.88 Å². The van der Waals surface area contributed by atoms with Gasteiger partial charge in [0, 0.05) is 38.4 Å². The summed E-state index contributed by atoms with van der Waals surface area (Å²) in [5, 5.41) is 0. The smallest absolute Gasteiger partial charge is 0.374 e. The fraction of sp³-hybridized carbons (Fsp3) is 1.00. The van der Waals surface area contributed by atoms with Crippen molar-refractivity contribution in [1.82, 2.24) is 9.13 Å². The van der Waals surface area contributed by atoms with Crippen LogP contribution in [0.15, 0.2) is 0 Å². The van der Waals surface area contributed by atoms with Crippen LogP contribution in [0.2, 0.25) is 0 Å². The lowest BCUT2D eigenvalue weighted by molar-refractivity contribution is 0.0768. The molecule has 0 atom stereocenters. The monoisotopic (exact) mass is 260 g/mol. The summed E-state index contributed by atoms with van der Waals surface area (Å²) in [6.45, 7) is 15.3. The third-order valence-electron chi connectivity index (χ3n) is 3.38. The van der Waals surface area contributed by atoms with Gasteiger partial charge in [0.2, 0.25) is 0 Å². The van der Waals surface area contributed by atoms with Gasteiger partial charge in [0.05, 0.1) is 0 Å². The Morgan fingerprint density at radius 1 is 0.765 bits per heavy atom. The van der Waals surface area contributed by atoms with E-state index in [-0.39, 0.29) is 11.1 Å². The molecule has 0 aliphatic carbocycles. The Hall–Kier alpha value is 0.0569. The van der Waals surface area contributed by atoms with Gasteiger partial charge in [-0.15, -0.1) is 0 Å². The van der Waals surface area contributed by atoms with Gasteiger partial charge in [0.25, 0.3) is 0 Å². The molecule has 0 bridgehead atoms. The van der Waals surface area contributed by atoms with Gasteiger partial charge in [-0.2, -0.15) is 0 Å². The van der Waals surface area contributed by atoms with Crippen molar-refractivity contribution in [2.24, 2.45) is 0 Å².